The lowest BCUT2D eigenvalue weighted by Gasteiger charge is -1.95. The van der Waals surface area contributed by atoms with E-state index in [-0.39, 0.29) is 0 Å². The average Bonchev–Trinajstić information content (AvgIpc) is 2.68. The van der Waals surface area contributed by atoms with Crippen molar-refractivity contribution < 1.29 is 0 Å². The van der Waals surface area contributed by atoms with Crippen LogP contribution in [-0.4, -0.2) is 19.7 Å². The lowest BCUT2D eigenvalue weighted by molar-refractivity contribution is 0.792. The summed E-state index contributed by atoms with van der Waals surface area (Å²) in [6.07, 6.45) is 3.30. The highest BCUT2D eigenvalue weighted by Gasteiger charge is 2.02. The molecule has 0 bridgehead atoms. The monoisotopic (exact) mass is 208 g/mol. The third kappa shape index (κ3) is 3.01. The number of hydrogen-bond acceptors (Lipinski definition) is 3. The topological polar surface area (TPSA) is 43.6 Å². The summed E-state index contributed by atoms with van der Waals surface area (Å²) in [4.78, 5) is 8.14. The zero-order valence-electron chi connectivity index (χ0n) is 10.4. The summed E-state index contributed by atoms with van der Waals surface area (Å²) >= 11 is 0. The van der Waals surface area contributed by atoms with E-state index in [1.165, 1.54) is 0 Å². The van der Waals surface area contributed by atoms with E-state index in [1.54, 1.807) is 17.2 Å². The van der Waals surface area contributed by atoms with Gasteiger partial charge in [0.2, 0.25) is 0 Å². The molecular weight excluding hydrogens is 188 g/mol. The molecule has 0 saturated carbocycles. The number of fused-ring (bicyclic) bond motifs is 1. The van der Waals surface area contributed by atoms with Gasteiger partial charge in [0.15, 0.2) is 0 Å². The van der Waals surface area contributed by atoms with Crippen molar-refractivity contribution in [2.24, 2.45) is 7.05 Å². The summed E-state index contributed by atoms with van der Waals surface area (Å²) in [5.74, 6) is 0. The van der Waals surface area contributed by atoms with Crippen LogP contribution >= 0.6 is 0 Å². The molecule has 2 heterocycles. The minimum atomic E-state index is 0.903. The lowest BCUT2D eigenvalue weighted by atomic mass is 10.3. The van der Waals surface area contributed by atoms with Gasteiger partial charge < -0.3 is 0 Å². The molecule has 2 aromatic rings. The molecule has 0 radical (unpaired) electrons. The van der Waals surface area contributed by atoms with Crippen molar-refractivity contribution in [3.63, 3.8) is 0 Å². The smallest absolute Gasteiger partial charge is 0.116 e. The van der Waals surface area contributed by atoms with E-state index >= 15 is 0 Å². The molecule has 0 amide bonds. The van der Waals surface area contributed by atoms with Gasteiger partial charge >= 0.3 is 0 Å². The van der Waals surface area contributed by atoms with Gasteiger partial charge in [0.05, 0.1) is 11.9 Å². The van der Waals surface area contributed by atoms with Crippen molar-refractivity contribution in [3.8, 4) is 0 Å². The maximum Gasteiger partial charge on any atom is 0.116 e. The van der Waals surface area contributed by atoms with E-state index in [4.69, 9.17) is 0 Å². The Morgan fingerprint density at radius 2 is 1.67 bits per heavy atom. The molecule has 0 spiro atoms. The van der Waals surface area contributed by atoms with Crippen LogP contribution in [0.25, 0.3) is 11.0 Å². The first-order valence-corrected chi connectivity index (χ1v) is 5.38. The van der Waals surface area contributed by atoms with Gasteiger partial charge in [-0.25, -0.2) is 9.97 Å². The van der Waals surface area contributed by atoms with E-state index in [1.807, 2.05) is 41.7 Å². The maximum atomic E-state index is 4.07. The van der Waals surface area contributed by atoms with Crippen molar-refractivity contribution in [3.05, 3.63) is 18.2 Å². The zero-order chi connectivity index (χ0) is 11.8. The highest BCUT2D eigenvalue weighted by molar-refractivity contribution is 5.75. The molecule has 84 valence electrons. The van der Waals surface area contributed by atoms with Gasteiger partial charge in [0.1, 0.15) is 17.4 Å². The number of hydrogen-bond donors (Lipinski definition) is 0. The third-order valence-corrected chi connectivity index (χ3v) is 1.71. The Bertz CT molecular complexity index is 392. The summed E-state index contributed by atoms with van der Waals surface area (Å²) in [7, 11) is 1.89. The second kappa shape index (κ2) is 6.92. The molecule has 2 rings (SSSR count). The van der Waals surface area contributed by atoms with Crippen LogP contribution in [-0.2, 0) is 7.05 Å². The minimum Gasteiger partial charge on any atom is -0.264 e. The van der Waals surface area contributed by atoms with Gasteiger partial charge in [-0.15, -0.1) is 0 Å². The van der Waals surface area contributed by atoms with Crippen molar-refractivity contribution in [2.75, 3.05) is 0 Å². The van der Waals surface area contributed by atoms with Crippen LogP contribution in [0.5, 0.6) is 0 Å². The van der Waals surface area contributed by atoms with Gasteiger partial charge in [-0.2, -0.15) is 5.10 Å². The fraction of sp³-hybridized carbons (Fsp3) is 0.545. The fourth-order valence-corrected chi connectivity index (χ4v) is 1.18. The van der Waals surface area contributed by atoms with Gasteiger partial charge in [0.25, 0.3) is 0 Å². The number of aromatic nitrogens is 4. The molecule has 4 nitrogen and oxygen atoms in total. The van der Waals surface area contributed by atoms with Crippen LogP contribution in [0.2, 0.25) is 0 Å². The van der Waals surface area contributed by atoms with Gasteiger partial charge in [-0.05, 0) is 6.92 Å². The average molecular weight is 208 g/mol. The van der Waals surface area contributed by atoms with Crippen LogP contribution in [0, 0.1) is 6.92 Å². The molecule has 0 aliphatic heterocycles. The standard InChI is InChI=1S/C7H8N4.2C2H6/c1-5-7-6(9-4-8-5)3-10-11(7)2;2*1-2/h3-4H,1-2H3;2*1-2H3. The molecular formula is C11H20N4. The predicted octanol–water partition coefficient (Wildman–Crippen LogP) is 2.72. The number of aryl methyl sites for hydroxylation is 2. The predicted molar refractivity (Wildman–Crippen MR) is 63.7 cm³/mol. The highest BCUT2D eigenvalue weighted by atomic mass is 15.3. The van der Waals surface area contributed by atoms with Crippen molar-refractivity contribution in [1.82, 2.24) is 19.7 Å². The van der Waals surface area contributed by atoms with Crippen LogP contribution in [0.3, 0.4) is 0 Å². The molecule has 0 N–H and O–H groups in total. The van der Waals surface area contributed by atoms with Gasteiger partial charge in [-0.1, -0.05) is 27.7 Å². The normalized spacial score (nSPS) is 8.67. The third-order valence-electron chi connectivity index (χ3n) is 1.71. The largest absolute Gasteiger partial charge is 0.264 e. The summed E-state index contributed by atoms with van der Waals surface area (Å²) < 4.78 is 1.78. The van der Waals surface area contributed by atoms with E-state index in [0.717, 1.165) is 16.7 Å². The Hall–Kier alpha value is -1.45. The Morgan fingerprint density at radius 1 is 1.07 bits per heavy atom. The highest BCUT2D eigenvalue weighted by Crippen LogP contribution is 2.10. The van der Waals surface area contributed by atoms with Crippen LogP contribution in [0.4, 0.5) is 0 Å². The van der Waals surface area contributed by atoms with E-state index in [9.17, 15) is 0 Å². The fourth-order valence-electron chi connectivity index (χ4n) is 1.18. The first-order chi connectivity index (χ1) is 7.29. The number of nitrogens with zero attached hydrogens (tertiary/aromatic N) is 4. The molecule has 2 aromatic heterocycles. The quantitative estimate of drug-likeness (QED) is 0.668. The summed E-state index contributed by atoms with van der Waals surface area (Å²) in [5.41, 5.74) is 2.88. The van der Waals surface area contributed by atoms with Crippen LogP contribution in [0.15, 0.2) is 12.5 Å². The second-order valence-corrected chi connectivity index (χ2v) is 2.46. The molecule has 4 heteroatoms. The number of rotatable bonds is 0. The molecule has 0 unspecified atom stereocenters. The first-order valence-electron chi connectivity index (χ1n) is 5.38. The first kappa shape index (κ1) is 13.5. The SMILES string of the molecule is CC.CC.Cc1ncnc2cnn(C)c12. The van der Waals surface area contributed by atoms with Crippen LogP contribution < -0.4 is 0 Å². The van der Waals surface area contributed by atoms with Crippen molar-refractivity contribution in [2.45, 2.75) is 34.6 Å². The lowest BCUT2D eigenvalue weighted by Crippen LogP contribution is -1.93. The zero-order valence-corrected chi connectivity index (χ0v) is 10.4. The molecule has 0 aliphatic carbocycles. The van der Waals surface area contributed by atoms with Gasteiger partial charge in [-0.3, -0.25) is 4.68 Å². The Balaban J connectivity index is 0.000000442. The molecule has 0 atom stereocenters. The van der Waals surface area contributed by atoms with Gasteiger partial charge in [0, 0.05) is 7.05 Å². The summed E-state index contributed by atoms with van der Waals surface area (Å²) in [5, 5.41) is 4.07. The molecule has 0 saturated heterocycles. The molecule has 0 fully saturated rings. The van der Waals surface area contributed by atoms with Crippen LogP contribution in [0.1, 0.15) is 33.4 Å². The maximum absolute atomic E-state index is 4.07. The van der Waals surface area contributed by atoms with E-state index < -0.39 is 0 Å². The molecule has 0 aliphatic rings. The van der Waals surface area contributed by atoms with Crippen molar-refractivity contribution in [1.29, 1.82) is 0 Å². The minimum absolute atomic E-state index is 0.903. The molecule has 0 aromatic carbocycles. The second-order valence-electron chi connectivity index (χ2n) is 2.46. The Morgan fingerprint density at radius 3 is 2.20 bits per heavy atom. The van der Waals surface area contributed by atoms with E-state index in [2.05, 4.69) is 15.1 Å². The summed E-state index contributed by atoms with van der Waals surface area (Å²) in [6.45, 7) is 9.95. The Kier molecular flexibility index (Phi) is 6.25. The molecule has 15 heavy (non-hydrogen) atoms. The summed E-state index contributed by atoms with van der Waals surface area (Å²) in [6, 6.07) is 0. The Labute approximate surface area is 91.4 Å². The van der Waals surface area contributed by atoms with Crippen molar-refractivity contribution >= 4 is 11.0 Å². The van der Waals surface area contributed by atoms with E-state index in [0.29, 0.717) is 0 Å².